The number of carbonyl (C=O) groups is 2. The Morgan fingerprint density at radius 3 is 2.39 bits per heavy atom. The van der Waals surface area contributed by atoms with Gasteiger partial charge in [-0.05, 0) is 49.6 Å². The molecule has 1 heterocycles. The zero-order chi connectivity index (χ0) is 21.8. The molecule has 0 unspecified atom stereocenters. The average Bonchev–Trinajstić information content (AvgIpc) is 3.47. The Labute approximate surface area is 180 Å². The van der Waals surface area contributed by atoms with Crippen molar-refractivity contribution >= 4 is 17.5 Å². The van der Waals surface area contributed by atoms with Crippen LogP contribution in [0.5, 0.6) is 0 Å². The standard InChI is InChI=1S/C25H25FN2O3/c1-17-12-14-18(15-13-17)23(24(29)27-19-7-2-3-8-19)28(21-10-5-4-9-20(21)26)25(30)22-11-6-16-31-22/h4-6,9-16,19,23H,2-3,7-8H2,1H3,(H,27,29)/t23-/m0/s1. The molecule has 1 N–H and O–H groups in total. The highest BCUT2D eigenvalue weighted by Crippen LogP contribution is 2.32. The van der Waals surface area contributed by atoms with Gasteiger partial charge in [-0.25, -0.2) is 4.39 Å². The van der Waals surface area contributed by atoms with Crippen LogP contribution in [0.2, 0.25) is 0 Å². The zero-order valence-corrected chi connectivity index (χ0v) is 17.4. The summed E-state index contributed by atoms with van der Waals surface area (Å²) in [7, 11) is 0. The quantitative estimate of drug-likeness (QED) is 0.598. The van der Waals surface area contributed by atoms with Gasteiger partial charge in [0, 0.05) is 6.04 Å². The number of benzene rings is 2. The van der Waals surface area contributed by atoms with Gasteiger partial charge in [0.2, 0.25) is 5.91 Å². The molecule has 31 heavy (non-hydrogen) atoms. The van der Waals surface area contributed by atoms with Crippen LogP contribution < -0.4 is 10.2 Å². The van der Waals surface area contributed by atoms with Crippen molar-refractivity contribution in [2.45, 2.75) is 44.7 Å². The fraction of sp³-hybridized carbons (Fsp3) is 0.280. The molecule has 0 bridgehead atoms. The minimum Gasteiger partial charge on any atom is -0.459 e. The zero-order valence-electron chi connectivity index (χ0n) is 17.4. The predicted molar refractivity (Wildman–Crippen MR) is 116 cm³/mol. The topological polar surface area (TPSA) is 62.6 Å². The molecule has 5 nitrogen and oxygen atoms in total. The molecular formula is C25H25FN2O3. The van der Waals surface area contributed by atoms with E-state index in [2.05, 4.69) is 5.32 Å². The fourth-order valence-electron chi connectivity index (χ4n) is 4.05. The number of nitrogens with zero attached hydrogens (tertiary/aromatic N) is 1. The van der Waals surface area contributed by atoms with Crippen molar-refractivity contribution in [3.05, 3.63) is 89.6 Å². The number of halogens is 1. The van der Waals surface area contributed by atoms with Crippen molar-refractivity contribution in [3.63, 3.8) is 0 Å². The van der Waals surface area contributed by atoms with Crippen molar-refractivity contribution in [2.24, 2.45) is 0 Å². The molecule has 2 aromatic carbocycles. The van der Waals surface area contributed by atoms with Gasteiger partial charge in [-0.15, -0.1) is 0 Å². The Balaban J connectivity index is 1.82. The van der Waals surface area contributed by atoms with Gasteiger partial charge in [0.1, 0.15) is 11.9 Å². The van der Waals surface area contributed by atoms with E-state index in [1.54, 1.807) is 30.3 Å². The Hall–Kier alpha value is -3.41. The van der Waals surface area contributed by atoms with Crippen molar-refractivity contribution < 1.29 is 18.4 Å². The lowest BCUT2D eigenvalue weighted by Crippen LogP contribution is -2.46. The van der Waals surface area contributed by atoms with E-state index in [1.807, 2.05) is 19.1 Å². The maximum Gasteiger partial charge on any atom is 0.295 e. The van der Waals surface area contributed by atoms with E-state index in [0.717, 1.165) is 31.2 Å². The normalized spacial score (nSPS) is 14.9. The lowest BCUT2D eigenvalue weighted by Gasteiger charge is -2.32. The third-order valence-corrected chi connectivity index (χ3v) is 5.66. The van der Waals surface area contributed by atoms with Gasteiger partial charge in [-0.3, -0.25) is 14.5 Å². The molecule has 0 aliphatic heterocycles. The molecule has 1 aliphatic carbocycles. The van der Waals surface area contributed by atoms with Gasteiger partial charge in [-0.1, -0.05) is 54.8 Å². The van der Waals surface area contributed by atoms with E-state index in [1.165, 1.54) is 29.4 Å². The first-order valence-corrected chi connectivity index (χ1v) is 10.5. The summed E-state index contributed by atoms with van der Waals surface area (Å²) in [5, 5.41) is 3.08. The van der Waals surface area contributed by atoms with Crippen molar-refractivity contribution in [3.8, 4) is 0 Å². The Bertz CT molecular complexity index is 1040. The first-order valence-electron chi connectivity index (χ1n) is 10.5. The van der Waals surface area contributed by atoms with Crippen LogP contribution in [0.4, 0.5) is 10.1 Å². The predicted octanol–water partition coefficient (Wildman–Crippen LogP) is 5.17. The molecule has 1 aromatic heterocycles. The summed E-state index contributed by atoms with van der Waals surface area (Å²) in [6.07, 6.45) is 5.30. The molecule has 160 valence electrons. The number of anilines is 1. The third kappa shape index (κ3) is 4.53. The van der Waals surface area contributed by atoms with Gasteiger partial charge in [0.15, 0.2) is 5.76 Å². The van der Waals surface area contributed by atoms with E-state index < -0.39 is 17.8 Å². The van der Waals surface area contributed by atoms with Gasteiger partial charge < -0.3 is 9.73 Å². The summed E-state index contributed by atoms with van der Waals surface area (Å²) in [4.78, 5) is 28.2. The SMILES string of the molecule is Cc1ccc([C@@H](C(=O)NC2CCCC2)N(C(=O)c2ccco2)c2ccccc2F)cc1. The van der Waals surface area contributed by atoms with E-state index in [9.17, 15) is 14.0 Å². The lowest BCUT2D eigenvalue weighted by atomic mass is 10.0. The maximum absolute atomic E-state index is 14.9. The monoisotopic (exact) mass is 420 g/mol. The van der Waals surface area contributed by atoms with Crippen molar-refractivity contribution in [1.82, 2.24) is 5.32 Å². The summed E-state index contributed by atoms with van der Waals surface area (Å²) >= 11 is 0. The Morgan fingerprint density at radius 2 is 1.74 bits per heavy atom. The number of amides is 2. The molecule has 4 rings (SSSR count). The van der Waals surface area contributed by atoms with Crippen LogP contribution in [-0.4, -0.2) is 17.9 Å². The van der Waals surface area contributed by atoms with Crippen LogP contribution in [0.15, 0.2) is 71.3 Å². The number of carbonyl (C=O) groups excluding carboxylic acids is 2. The molecule has 6 heteroatoms. The molecule has 1 aliphatic rings. The van der Waals surface area contributed by atoms with Gasteiger partial charge in [0.25, 0.3) is 5.91 Å². The van der Waals surface area contributed by atoms with Crippen LogP contribution in [0.1, 0.15) is 53.4 Å². The number of rotatable bonds is 6. The third-order valence-electron chi connectivity index (χ3n) is 5.66. The van der Waals surface area contributed by atoms with E-state index in [0.29, 0.717) is 5.56 Å². The number of para-hydroxylation sites is 1. The van der Waals surface area contributed by atoms with E-state index in [-0.39, 0.29) is 23.4 Å². The molecule has 1 atom stereocenters. The maximum atomic E-state index is 14.9. The van der Waals surface area contributed by atoms with E-state index in [4.69, 9.17) is 4.42 Å². The van der Waals surface area contributed by atoms with Gasteiger partial charge >= 0.3 is 0 Å². The van der Waals surface area contributed by atoms with E-state index >= 15 is 0 Å². The molecule has 0 radical (unpaired) electrons. The summed E-state index contributed by atoms with van der Waals surface area (Å²) in [5.74, 6) is -1.47. The van der Waals surface area contributed by atoms with Crippen LogP contribution in [-0.2, 0) is 4.79 Å². The molecule has 0 saturated heterocycles. The lowest BCUT2D eigenvalue weighted by molar-refractivity contribution is -0.123. The van der Waals surface area contributed by atoms with Crippen LogP contribution >= 0.6 is 0 Å². The minimum absolute atomic E-state index is 0.0241. The second-order valence-electron chi connectivity index (χ2n) is 7.91. The number of aryl methyl sites for hydroxylation is 1. The van der Waals surface area contributed by atoms with Crippen molar-refractivity contribution in [1.29, 1.82) is 0 Å². The first-order chi connectivity index (χ1) is 15.0. The molecular weight excluding hydrogens is 395 g/mol. The highest BCUT2D eigenvalue weighted by atomic mass is 19.1. The number of hydrogen-bond donors (Lipinski definition) is 1. The fourth-order valence-corrected chi connectivity index (χ4v) is 4.05. The molecule has 3 aromatic rings. The summed E-state index contributed by atoms with van der Waals surface area (Å²) in [6.45, 7) is 1.94. The Kier molecular flexibility index (Phi) is 6.16. The van der Waals surface area contributed by atoms with Crippen molar-refractivity contribution in [2.75, 3.05) is 4.90 Å². The van der Waals surface area contributed by atoms with Gasteiger partial charge in [0.05, 0.1) is 12.0 Å². The average molecular weight is 420 g/mol. The summed E-state index contributed by atoms with van der Waals surface area (Å²) in [5.41, 5.74) is 1.65. The van der Waals surface area contributed by atoms with Gasteiger partial charge in [-0.2, -0.15) is 0 Å². The first kappa shape index (κ1) is 20.8. The second-order valence-corrected chi connectivity index (χ2v) is 7.91. The van der Waals surface area contributed by atoms with Crippen LogP contribution in [0.25, 0.3) is 0 Å². The summed E-state index contributed by atoms with van der Waals surface area (Å²) in [6, 6.07) is 15.4. The highest BCUT2D eigenvalue weighted by Gasteiger charge is 2.36. The number of hydrogen-bond acceptors (Lipinski definition) is 3. The second kappa shape index (κ2) is 9.16. The number of nitrogens with one attached hydrogen (secondary N) is 1. The Morgan fingerprint density at radius 1 is 1.03 bits per heavy atom. The largest absolute Gasteiger partial charge is 0.459 e. The van der Waals surface area contributed by atoms with Crippen LogP contribution in [0, 0.1) is 12.7 Å². The minimum atomic E-state index is -1.05. The molecule has 0 spiro atoms. The highest BCUT2D eigenvalue weighted by molar-refractivity contribution is 6.08. The van der Waals surface area contributed by atoms with Crippen LogP contribution in [0.3, 0.4) is 0 Å². The smallest absolute Gasteiger partial charge is 0.295 e. The number of furan rings is 1. The molecule has 1 fully saturated rings. The molecule has 2 amide bonds. The summed E-state index contributed by atoms with van der Waals surface area (Å²) < 4.78 is 20.2. The molecule has 1 saturated carbocycles.